The van der Waals surface area contributed by atoms with Crippen LogP contribution >= 0.6 is 11.6 Å². The van der Waals surface area contributed by atoms with Crippen molar-refractivity contribution in [2.75, 3.05) is 16.8 Å². The molecule has 1 aliphatic rings. The van der Waals surface area contributed by atoms with Gasteiger partial charge in [-0.1, -0.05) is 41.9 Å². The maximum Gasteiger partial charge on any atom is 0.136 e. The van der Waals surface area contributed by atoms with E-state index in [0.717, 1.165) is 53.2 Å². The van der Waals surface area contributed by atoms with E-state index in [9.17, 15) is 0 Å². The van der Waals surface area contributed by atoms with Gasteiger partial charge in [0.15, 0.2) is 0 Å². The molecule has 5 heteroatoms. The van der Waals surface area contributed by atoms with E-state index in [1.807, 2.05) is 38.1 Å². The number of hydrogen-bond acceptors (Lipinski definition) is 4. The number of aryl methyl sites for hydroxylation is 2. The molecule has 0 atom stereocenters. The van der Waals surface area contributed by atoms with Crippen LogP contribution in [0.5, 0.6) is 0 Å². The average Bonchev–Trinajstić information content (AvgIpc) is 2.64. The summed E-state index contributed by atoms with van der Waals surface area (Å²) < 4.78 is 0. The molecule has 0 saturated heterocycles. The van der Waals surface area contributed by atoms with Crippen molar-refractivity contribution in [1.82, 2.24) is 9.97 Å². The molecular formula is C21H21ClN4. The first-order valence-corrected chi connectivity index (χ1v) is 9.17. The summed E-state index contributed by atoms with van der Waals surface area (Å²) in [5.41, 5.74) is 4.79. The van der Waals surface area contributed by atoms with Gasteiger partial charge in [0.1, 0.15) is 17.5 Å². The Bertz CT molecular complexity index is 954. The SMILES string of the molecule is Cc1nc(Nc2ccc(C)c(Cl)c2)cc(N2CCc3ccccc3C2)n1. The maximum atomic E-state index is 6.23. The maximum absolute atomic E-state index is 6.23. The van der Waals surface area contributed by atoms with Gasteiger partial charge in [-0.05, 0) is 49.1 Å². The Kier molecular flexibility index (Phi) is 4.51. The number of benzene rings is 2. The van der Waals surface area contributed by atoms with Crippen LogP contribution in [0.25, 0.3) is 0 Å². The van der Waals surface area contributed by atoms with Crippen LogP contribution in [-0.2, 0) is 13.0 Å². The Morgan fingerprint density at radius 2 is 1.81 bits per heavy atom. The standard InChI is InChI=1S/C21H21ClN4/c1-14-7-8-18(11-19(14)22)25-20-12-21(24-15(2)23-20)26-10-9-16-5-3-4-6-17(16)13-26/h3-8,11-12H,9-10,13H2,1-2H3,(H,23,24,25). The second-order valence-corrected chi connectivity index (χ2v) is 7.10. The highest BCUT2D eigenvalue weighted by Crippen LogP contribution is 2.27. The summed E-state index contributed by atoms with van der Waals surface area (Å²) in [6, 6.07) is 16.6. The summed E-state index contributed by atoms with van der Waals surface area (Å²) in [5, 5.41) is 4.09. The number of nitrogens with zero attached hydrogens (tertiary/aromatic N) is 3. The summed E-state index contributed by atoms with van der Waals surface area (Å²) >= 11 is 6.23. The smallest absolute Gasteiger partial charge is 0.136 e. The highest BCUT2D eigenvalue weighted by atomic mass is 35.5. The minimum atomic E-state index is 0.744. The zero-order chi connectivity index (χ0) is 18.1. The second-order valence-electron chi connectivity index (χ2n) is 6.69. The molecule has 1 aromatic heterocycles. The van der Waals surface area contributed by atoms with Crippen LogP contribution in [0.3, 0.4) is 0 Å². The lowest BCUT2D eigenvalue weighted by Crippen LogP contribution is -2.31. The van der Waals surface area contributed by atoms with Gasteiger partial charge in [-0.25, -0.2) is 9.97 Å². The average molecular weight is 365 g/mol. The van der Waals surface area contributed by atoms with E-state index in [1.54, 1.807) is 0 Å². The van der Waals surface area contributed by atoms with Crippen molar-refractivity contribution in [3.8, 4) is 0 Å². The molecule has 4 nitrogen and oxygen atoms in total. The molecule has 2 heterocycles. The third-order valence-electron chi connectivity index (χ3n) is 4.72. The predicted octanol–water partition coefficient (Wildman–Crippen LogP) is 5.05. The number of fused-ring (bicyclic) bond motifs is 1. The molecule has 4 rings (SSSR count). The molecule has 0 spiro atoms. The molecule has 1 N–H and O–H groups in total. The second kappa shape index (κ2) is 6.96. The first-order chi connectivity index (χ1) is 12.6. The molecule has 26 heavy (non-hydrogen) atoms. The van der Waals surface area contributed by atoms with Crippen LogP contribution < -0.4 is 10.2 Å². The molecule has 3 aromatic rings. The van der Waals surface area contributed by atoms with Gasteiger partial charge in [-0.15, -0.1) is 0 Å². The van der Waals surface area contributed by atoms with Crippen molar-refractivity contribution in [1.29, 1.82) is 0 Å². The van der Waals surface area contributed by atoms with Crippen LogP contribution in [-0.4, -0.2) is 16.5 Å². The molecule has 0 radical (unpaired) electrons. The van der Waals surface area contributed by atoms with Crippen LogP contribution in [0.4, 0.5) is 17.3 Å². The molecule has 132 valence electrons. The molecule has 0 bridgehead atoms. The minimum Gasteiger partial charge on any atom is -0.352 e. The quantitative estimate of drug-likeness (QED) is 0.705. The summed E-state index contributed by atoms with van der Waals surface area (Å²) in [6.45, 7) is 5.76. The first-order valence-electron chi connectivity index (χ1n) is 8.79. The third kappa shape index (κ3) is 3.51. The number of nitrogens with one attached hydrogen (secondary N) is 1. The highest BCUT2D eigenvalue weighted by molar-refractivity contribution is 6.31. The number of aromatic nitrogens is 2. The lowest BCUT2D eigenvalue weighted by atomic mass is 10.00. The summed E-state index contributed by atoms with van der Waals surface area (Å²) in [7, 11) is 0. The van der Waals surface area contributed by atoms with E-state index in [1.165, 1.54) is 11.1 Å². The van der Waals surface area contributed by atoms with Crippen molar-refractivity contribution >= 4 is 28.9 Å². The molecule has 0 fully saturated rings. The zero-order valence-electron chi connectivity index (χ0n) is 15.0. The van der Waals surface area contributed by atoms with Gasteiger partial charge in [-0.2, -0.15) is 0 Å². The van der Waals surface area contributed by atoms with Gasteiger partial charge < -0.3 is 10.2 Å². The molecule has 0 unspecified atom stereocenters. The lowest BCUT2D eigenvalue weighted by molar-refractivity contribution is 0.717. The van der Waals surface area contributed by atoms with E-state index in [4.69, 9.17) is 11.6 Å². The molecule has 2 aromatic carbocycles. The Morgan fingerprint density at radius 1 is 1.00 bits per heavy atom. The van der Waals surface area contributed by atoms with E-state index in [-0.39, 0.29) is 0 Å². The van der Waals surface area contributed by atoms with Gasteiger partial charge in [-0.3, -0.25) is 0 Å². The fourth-order valence-corrected chi connectivity index (χ4v) is 3.47. The zero-order valence-corrected chi connectivity index (χ0v) is 15.7. The van der Waals surface area contributed by atoms with Crippen molar-refractivity contribution in [2.45, 2.75) is 26.8 Å². The first kappa shape index (κ1) is 16.9. The molecule has 1 aliphatic heterocycles. The summed E-state index contributed by atoms with van der Waals surface area (Å²) in [5.74, 6) is 2.49. The van der Waals surface area contributed by atoms with Gasteiger partial charge in [0.05, 0.1) is 0 Å². The summed E-state index contributed by atoms with van der Waals surface area (Å²) in [6.07, 6.45) is 1.04. The number of rotatable bonds is 3. The number of halogens is 1. The fourth-order valence-electron chi connectivity index (χ4n) is 3.29. The monoisotopic (exact) mass is 364 g/mol. The molecule has 0 aliphatic carbocycles. The molecular weight excluding hydrogens is 344 g/mol. The predicted molar refractivity (Wildman–Crippen MR) is 107 cm³/mol. The largest absolute Gasteiger partial charge is 0.352 e. The van der Waals surface area contributed by atoms with E-state index in [2.05, 4.69) is 44.5 Å². The minimum absolute atomic E-state index is 0.744. The van der Waals surface area contributed by atoms with Gasteiger partial charge in [0, 0.05) is 29.9 Å². The van der Waals surface area contributed by atoms with Crippen molar-refractivity contribution < 1.29 is 0 Å². The topological polar surface area (TPSA) is 41.1 Å². The Labute approximate surface area is 158 Å². The number of hydrogen-bond donors (Lipinski definition) is 1. The normalized spacial score (nSPS) is 13.4. The Morgan fingerprint density at radius 3 is 2.62 bits per heavy atom. The van der Waals surface area contributed by atoms with Crippen LogP contribution in [0.2, 0.25) is 5.02 Å². The van der Waals surface area contributed by atoms with Crippen LogP contribution in [0.1, 0.15) is 22.5 Å². The van der Waals surface area contributed by atoms with Gasteiger partial charge in [0.2, 0.25) is 0 Å². The van der Waals surface area contributed by atoms with Crippen molar-refractivity contribution in [2.24, 2.45) is 0 Å². The van der Waals surface area contributed by atoms with Crippen LogP contribution in [0.15, 0.2) is 48.5 Å². The van der Waals surface area contributed by atoms with Crippen molar-refractivity contribution in [3.63, 3.8) is 0 Å². The van der Waals surface area contributed by atoms with Gasteiger partial charge >= 0.3 is 0 Å². The summed E-state index contributed by atoms with van der Waals surface area (Å²) in [4.78, 5) is 11.5. The molecule has 0 saturated carbocycles. The fraction of sp³-hybridized carbons (Fsp3) is 0.238. The van der Waals surface area contributed by atoms with Gasteiger partial charge in [0.25, 0.3) is 0 Å². The lowest BCUT2D eigenvalue weighted by Gasteiger charge is -2.30. The van der Waals surface area contributed by atoms with E-state index in [0.29, 0.717) is 0 Å². The third-order valence-corrected chi connectivity index (χ3v) is 5.13. The molecule has 0 amide bonds. The Hall–Kier alpha value is -2.59. The number of anilines is 3. The van der Waals surface area contributed by atoms with E-state index >= 15 is 0 Å². The van der Waals surface area contributed by atoms with Crippen molar-refractivity contribution in [3.05, 3.63) is 76.1 Å². The Balaban J connectivity index is 1.59. The van der Waals surface area contributed by atoms with E-state index < -0.39 is 0 Å². The highest BCUT2D eigenvalue weighted by Gasteiger charge is 2.18. The van der Waals surface area contributed by atoms with Crippen LogP contribution in [0, 0.1) is 13.8 Å².